The average Bonchev–Trinajstić information content (AvgIpc) is 2.28. The lowest BCUT2D eigenvalue weighted by Gasteiger charge is -2.25. The number of nitrogens with two attached hydrogens (primary N) is 2. The number of anilines is 1. The van der Waals surface area contributed by atoms with Crippen molar-refractivity contribution in [2.24, 2.45) is 11.5 Å². The van der Waals surface area contributed by atoms with E-state index in [0.29, 0.717) is 6.42 Å². The lowest BCUT2D eigenvalue weighted by Crippen LogP contribution is -2.51. The Labute approximate surface area is 114 Å². The first-order valence-corrected chi connectivity index (χ1v) is 6.25. The lowest BCUT2D eigenvalue weighted by atomic mass is 9.95. The van der Waals surface area contributed by atoms with Gasteiger partial charge in [0.1, 0.15) is 5.75 Å². The van der Waals surface area contributed by atoms with Crippen LogP contribution in [0.3, 0.4) is 0 Å². The van der Waals surface area contributed by atoms with Crippen molar-refractivity contribution in [3.05, 3.63) is 24.3 Å². The van der Waals surface area contributed by atoms with Gasteiger partial charge in [-0.1, -0.05) is 6.07 Å². The summed E-state index contributed by atoms with van der Waals surface area (Å²) in [5, 5.41) is 0. The molecule has 2 atom stereocenters. The zero-order valence-corrected chi connectivity index (χ0v) is 12.0. The molecule has 1 aromatic carbocycles. The minimum atomic E-state index is -1.06. The third-order valence-corrected chi connectivity index (χ3v) is 2.95. The first-order valence-electron chi connectivity index (χ1n) is 6.25. The van der Waals surface area contributed by atoms with Gasteiger partial charge in [-0.2, -0.15) is 0 Å². The molecule has 0 fully saturated rings. The smallest absolute Gasteiger partial charge is 0.237 e. The minimum absolute atomic E-state index is 0.195. The summed E-state index contributed by atoms with van der Waals surface area (Å²) in [5.41, 5.74) is 11.1. The highest BCUT2D eigenvalue weighted by Gasteiger charge is 2.28. The van der Waals surface area contributed by atoms with Crippen molar-refractivity contribution in [1.29, 1.82) is 0 Å². The summed E-state index contributed by atoms with van der Waals surface area (Å²) in [4.78, 5) is 13.2. The number of amides is 1. The SMILES string of the molecule is CC(CC(C)(N)C(N)=O)Oc1cccc(N(C)C)c1. The molecule has 0 aliphatic heterocycles. The molecule has 0 aromatic heterocycles. The highest BCUT2D eigenvalue weighted by molar-refractivity contribution is 5.83. The van der Waals surface area contributed by atoms with E-state index in [1.807, 2.05) is 50.2 Å². The van der Waals surface area contributed by atoms with Gasteiger partial charge in [0, 0.05) is 32.3 Å². The molecule has 5 heteroatoms. The summed E-state index contributed by atoms with van der Waals surface area (Å²) in [5.74, 6) is 0.226. The van der Waals surface area contributed by atoms with Gasteiger partial charge in [-0.15, -0.1) is 0 Å². The zero-order chi connectivity index (χ0) is 14.6. The fourth-order valence-corrected chi connectivity index (χ4v) is 1.81. The minimum Gasteiger partial charge on any atom is -0.491 e. The molecule has 0 saturated carbocycles. The maximum atomic E-state index is 11.2. The number of ether oxygens (including phenoxy) is 1. The van der Waals surface area contributed by atoms with Gasteiger partial charge in [0.25, 0.3) is 0 Å². The highest BCUT2D eigenvalue weighted by Crippen LogP contribution is 2.22. The van der Waals surface area contributed by atoms with E-state index in [0.717, 1.165) is 11.4 Å². The Morgan fingerprint density at radius 3 is 2.63 bits per heavy atom. The normalized spacial score (nSPS) is 15.4. The molecule has 0 bridgehead atoms. The fourth-order valence-electron chi connectivity index (χ4n) is 1.81. The van der Waals surface area contributed by atoms with Crippen molar-refractivity contribution >= 4 is 11.6 Å². The van der Waals surface area contributed by atoms with Crippen LogP contribution in [-0.2, 0) is 4.79 Å². The van der Waals surface area contributed by atoms with Crippen LogP contribution < -0.4 is 21.1 Å². The second kappa shape index (κ2) is 5.93. The van der Waals surface area contributed by atoms with Crippen LogP contribution in [-0.4, -0.2) is 31.6 Å². The number of rotatable bonds is 6. The Morgan fingerprint density at radius 1 is 1.47 bits per heavy atom. The molecular formula is C14H23N3O2. The van der Waals surface area contributed by atoms with Crippen LogP contribution in [0.4, 0.5) is 5.69 Å². The Kier molecular flexibility index (Phi) is 4.78. The molecule has 0 heterocycles. The predicted octanol–water partition coefficient (Wildman–Crippen LogP) is 1.11. The number of benzene rings is 1. The highest BCUT2D eigenvalue weighted by atomic mass is 16.5. The molecule has 1 aromatic rings. The molecule has 5 nitrogen and oxygen atoms in total. The Balaban J connectivity index is 2.69. The van der Waals surface area contributed by atoms with E-state index in [1.54, 1.807) is 6.92 Å². The van der Waals surface area contributed by atoms with Crippen LogP contribution in [0.1, 0.15) is 20.3 Å². The number of carbonyl (C=O) groups is 1. The number of hydrogen-bond donors (Lipinski definition) is 2. The topological polar surface area (TPSA) is 81.6 Å². The fraction of sp³-hybridized carbons (Fsp3) is 0.500. The van der Waals surface area contributed by atoms with Gasteiger partial charge in [-0.05, 0) is 26.0 Å². The van der Waals surface area contributed by atoms with E-state index in [1.165, 1.54) is 0 Å². The van der Waals surface area contributed by atoms with Crippen LogP contribution in [0, 0.1) is 0 Å². The number of hydrogen-bond acceptors (Lipinski definition) is 4. The summed E-state index contributed by atoms with van der Waals surface area (Å²) in [6, 6.07) is 7.73. The van der Waals surface area contributed by atoms with E-state index in [-0.39, 0.29) is 6.10 Å². The van der Waals surface area contributed by atoms with E-state index >= 15 is 0 Å². The van der Waals surface area contributed by atoms with E-state index < -0.39 is 11.4 Å². The van der Waals surface area contributed by atoms with Crippen molar-refractivity contribution < 1.29 is 9.53 Å². The van der Waals surface area contributed by atoms with Gasteiger partial charge >= 0.3 is 0 Å². The molecule has 2 unspecified atom stereocenters. The molecule has 0 spiro atoms. The third-order valence-electron chi connectivity index (χ3n) is 2.95. The van der Waals surface area contributed by atoms with Gasteiger partial charge in [0.2, 0.25) is 5.91 Å². The largest absolute Gasteiger partial charge is 0.491 e. The molecule has 0 aliphatic rings. The summed E-state index contributed by atoms with van der Waals surface area (Å²) in [6.45, 7) is 3.49. The second-order valence-corrected chi connectivity index (χ2v) is 5.31. The first-order chi connectivity index (χ1) is 8.72. The monoisotopic (exact) mass is 265 g/mol. The first kappa shape index (κ1) is 15.3. The molecule has 0 radical (unpaired) electrons. The van der Waals surface area contributed by atoms with Crippen LogP contribution in [0.25, 0.3) is 0 Å². The van der Waals surface area contributed by atoms with Gasteiger partial charge in [-0.25, -0.2) is 0 Å². The van der Waals surface area contributed by atoms with Gasteiger partial charge < -0.3 is 21.1 Å². The van der Waals surface area contributed by atoms with E-state index in [2.05, 4.69) is 0 Å². The molecule has 4 N–H and O–H groups in total. The molecular weight excluding hydrogens is 242 g/mol. The average molecular weight is 265 g/mol. The van der Waals surface area contributed by atoms with Gasteiger partial charge in [0.05, 0.1) is 11.6 Å². The maximum Gasteiger partial charge on any atom is 0.237 e. The Morgan fingerprint density at radius 2 is 2.11 bits per heavy atom. The quantitative estimate of drug-likeness (QED) is 0.807. The number of nitrogens with zero attached hydrogens (tertiary/aromatic N) is 1. The lowest BCUT2D eigenvalue weighted by molar-refractivity contribution is -0.123. The molecule has 19 heavy (non-hydrogen) atoms. The summed E-state index contributed by atoms with van der Waals surface area (Å²) in [6.07, 6.45) is 0.175. The summed E-state index contributed by atoms with van der Waals surface area (Å²) >= 11 is 0. The Hall–Kier alpha value is -1.75. The van der Waals surface area contributed by atoms with Crippen molar-refractivity contribution in [1.82, 2.24) is 0 Å². The summed E-state index contributed by atoms with van der Waals surface area (Å²) in [7, 11) is 3.93. The van der Waals surface area contributed by atoms with Crippen LogP contribution in [0.2, 0.25) is 0 Å². The molecule has 1 amide bonds. The second-order valence-electron chi connectivity index (χ2n) is 5.31. The maximum absolute atomic E-state index is 11.2. The van der Waals surface area contributed by atoms with Crippen LogP contribution in [0.5, 0.6) is 5.75 Å². The van der Waals surface area contributed by atoms with E-state index in [4.69, 9.17) is 16.2 Å². The zero-order valence-electron chi connectivity index (χ0n) is 12.0. The van der Waals surface area contributed by atoms with E-state index in [9.17, 15) is 4.79 Å². The predicted molar refractivity (Wildman–Crippen MR) is 77.3 cm³/mol. The van der Waals surface area contributed by atoms with Crippen molar-refractivity contribution in [2.45, 2.75) is 31.9 Å². The van der Waals surface area contributed by atoms with Gasteiger partial charge in [0.15, 0.2) is 0 Å². The number of carbonyl (C=O) groups excluding carboxylic acids is 1. The van der Waals surface area contributed by atoms with Crippen LogP contribution >= 0.6 is 0 Å². The third kappa shape index (κ3) is 4.44. The molecule has 106 valence electrons. The number of primary amides is 1. The standard InChI is InChI=1S/C14H23N3O2/c1-10(9-14(2,16)13(15)18)19-12-7-5-6-11(8-12)17(3)4/h5-8,10H,9,16H2,1-4H3,(H2,15,18). The Bertz CT molecular complexity index is 444. The van der Waals surface area contributed by atoms with Crippen LogP contribution in [0.15, 0.2) is 24.3 Å². The van der Waals surface area contributed by atoms with Gasteiger partial charge in [-0.3, -0.25) is 4.79 Å². The van der Waals surface area contributed by atoms with Crippen molar-refractivity contribution in [3.8, 4) is 5.75 Å². The van der Waals surface area contributed by atoms with Crippen molar-refractivity contribution in [2.75, 3.05) is 19.0 Å². The molecule has 0 saturated heterocycles. The molecule has 0 aliphatic carbocycles. The molecule has 1 rings (SSSR count). The van der Waals surface area contributed by atoms with Crippen molar-refractivity contribution in [3.63, 3.8) is 0 Å². The summed E-state index contributed by atoms with van der Waals surface area (Å²) < 4.78 is 5.78.